The van der Waals surface area contributed by atoms with Gasteiger partial charge in [0, 0.05) is 0 Å². The minimum Gasteiger partial charge on any atom is -0.480 e. The van der Waals surface area contributed by atoms with Crippen molar-refractivity contribution in [1.82, 2.24) is 5.32 Å². The topological polar surface area (TPSA) is 66.4 Å². The third kappa shape index (κ3) is 3.37. The molecule has 0 aromatic carbocycles. The van der Waals surface area contributed by atoms with E-state index in [4.69, 9.17) is 5.11 Å². The SMILES string of the molecule is CC[C@H](NC(=O)C(F)(F)C(F)F)C(=O)O. The van der Waals surface area contributed by atoms with Gasteiger partial charge < -0.3 is 10.4 Å². The van der Waals surface area contributed by atoms with Gasteiger partial charge in [0.2, 0.25) is 0 Å². The maximum absolute atomic E-state index is 12.3. The van der Waals surface area contributed by atoms with Crippen LogP contribution in [0, 0.1) is 0 Å². The second kappa shape index (κ2) is 4.94. The zero-order chi connectivity index (χ0) is 12.2. The van der Waals surface area contributed by atoms with Gasteiger partial charge in [0.25, 0.3) is 5.91 Å². The summed E-state index contributed by atoms with van der Waals surface area (Å²) >= 11 is 0. The molecule has 0 bridgehead atoms. The van der Waals surface area contributed by atoms with Crippen LogP contribution in [0.3, 0.4) is 0 Å². The van der Waals surface area contributed by atoms with Crippen LogP contribution in [0.25, 0.3) is 0 Å². The standard InChI is InChI=1S/C7H9F4NO3/c1-2-3(4(13)14)12-6(15)7(10,11)5(8)9/h3,5H,2H2,1H3,(H,12,15)(H,13,14)/t3-/m0/s1. The van der Waals surface area contributed by atoms with Gasteiger partial charge in [0.05, 0.1) is 0 Å². The van der Waals surface area contributed by atoms with E-state index in [0.717, 1.165) is 0 Å². The number of aliphatic carboxylic acids is 1. The van der Waals surface area contributed by atoms with Gasteiger partial charge in [-0.2, -0.15) is 8.78 Å². The lowest BCUT2D eigenvalue weighted by atomic mass is 10.2. The lowest BCUT2D eigenvalue weighted by Crippen LogP contribution is -2.51. The van der Waals surface area contributed by atoms with Crippen LogP contribution >= 0.6 is 0 Å². The first kappa shape index (κ1) is 13.7. The number of hydrogen-bond acceptors (Lipinski definition) is 2. The number of nitrogens with one attached hydrogen (secondary N) is 1. The fraction of sp³-hybridized carbons (Fsp3) is 0.714. The summed E-state index contributed by atoms with van der Waals surface area (Å²) in [6, 6.07) is -1.60. The van der Waals surface area contributed by atoms with Crippen LogP contribution in [0.4, 0.5) is 17.6 Å². The first-order chi connectivity index (χ1) is 6.73. The predicted molar refractivity (Wildman–Crippen MR) is 40.8 cm³/mol. The minimum absolute atomic E-state index is 0.180. The number of carboxylic acid groups (broad SMARTS) is 1. The van der Waals surface area contributed by atoms with E-state index in [1.165, 1.54) is 12.2 Å². The molecule has 0 rings (SSSR count). The van der Waals surface area contributed by atoms with Crippen molar-refractivity contribution >= 4 is 11.9 Å². The number of carbonyl (C=O) groups excluding carboxylic acids is 1. The molecule has 0 spiro atoms. The molecule has 1 amide bonds. The summed E-state index contributed by atoms with van der Waals surface area (Å²) in [6.45, 7) is 1.31. The van der Waals surface area contributed by atoms with Gasteiger partial charge in [-0.25, -0.2) is 13.6 Å². The van der Waals surface area contributed by atoms with Gasteiger partial charge >= 0.3 is 18.3 Å². The predicted octanol–water partition coefficient (Wildman–Crippen LogP) is 0.866. The number of halogens is 4. The fourth-order valence-electron chi connectivity index (χ4n) is 0.692. The van der Waals surface area contributed by atoms with E-state index in [9.17, 15) is 27.2 Å². The fourth-order valence-corrected chi connectivity index (χ4v) is 0.692. The van der Waals surface area contributed by atoms with Gasteiger partial charge in [0.15, 0.2) is 0 Å². The molecule has 1 atom stereocenters. The lowest BCUT2D eigenvalue weighted by Gasteiger charge is -2.18. The minimum atomic E-state index is -4.87. The average Bonchev–Trinajstić information content (AvgIpc) is 2.12. The lowest BCUT2D eigenvalue weighted by molar-refractivity contribution is -0.171. The molecule has 0 unspecified atom stereocenters. The second-order valence-corrected chi connectivity index (χ2v) is 2.70. The second-order valence-electron chi connectivity index (χ2n) is 2.70. The molecule has 0 saturated heterocycles. The Morgan fingerprint density at radius 1 is 1.40 bits per heavy atom. The molecule has 0 radical (unpaired) electrons. The normalized spacial score (nSPS) is 13.7. The molecule has 0 aromatic rings. The van der Waals surface area contributed by atoms with Crippen molar-refractivity contribution in [2.45, 2.75) is 31.7 Å². The first-order valence-electron chi connectivity index (χ1n) is 3.93. The van der Waals surface area contributed by atoms with E-state index in [0.29, 0.717) is 0 Å². The number of carbonyl (C=O) groups is 2. The van der Waals surface area contributed by atoms with Crippen LogP contribution in [0.1, 0.15) is 13.3 Å². The molecule has 0 heterocycles. The summed E-state index contributed by atoms with van der Waals surface area (Å²) in [7, 11) is 0. The summed E-state index contributed by atoms with van der Waals surface area (Å²) in [5, 5.41) is 9.70. The Kier molecular flexibility index (Phi) is 4.50. The molecule has 0 aliphatic carbocycles. The van der Waals surface area contributed by atoms with Gasteiger partial charge in [-0.1, -0.05) is 6.92 Å². The molecular weight excluding hydrogens is 222 g/mol. The Morgan fingerprint density at radius 3 is 2.13 bits per heavy atom. The zero-order valence-electron chi connectivity index (χ0n) is 7.64. The van der Waals surface area contributed by atoms with Crippen molar-refractivity contribution in [3.05, 3.63) is 0 Å². The number of rotatable bonds is 5. The molecular formula is C7H9F4NO3. The molecule has 0 aliphatic rings. The highest BCUT2D eigenvalue weighted by Gasteiger charge is 2.49. The Morgan fingerprint density at radius 2 is 1.87 bits per heavy atom. The van der Waals surface area contributed by atoms with E-state index in [2.05, 4.69) is 0 Å². The highest BCUT2D eigenvalue weighted by atomic mass is 19.3. The first-order valence-corrected chi connectivity index (χ1v) is 3.93. The highest BCUT2D eigenvalue weighted by molar-refractivity contribution is 5.88. The number of carboxylic acids is 1. The van der Waals surface area contributed by atoms with Crippen LogP contribution in [0.15, 0.2) is 0 Å². The van der Waals surface area contributed by atoms with Crippen LogP contribution in [0.5, 0.6) is 0 Å². The van der Waals surface area contributed by atoms with Crippen LogP contribution < -0.4 is 5.32 Å². The third-order valence-electron chi connectivity index (χ3n) is 1.59. The van der Waals surface area contributed by atoms with Gasteiger partial charge in [-0.3, -0.25) is 4.79 Å². The third-order valence-corrected chi connectivity index (χ3v) is 1.59. The van der Waals surface area contributed by atoms with Crippen LogP contribution in [-0.4, -0.2) is 35.4 Å². The van der Waals surface area contributed by atoms with Crippen molar-refractivity contribution in [2.24, 2.45) is 0 Å². The molecule has 88 valence electrons. The molecule has 4 nitrogen and oxygen atoms in total. The number of amides is 1. The number of hydrogen-bond donors (Lipinski definition) is 2. The Labute approximate surface area is 82.3 Å². The van der Waals surface area contributed by atoms with Crippen molar-refractivity contribution in [3.63, 3.8) is 0 Å². The Hall–Kier alpha value is -1.34. The van der Waals surface area contributed by atoms with E-state index < -0.39 is 30.3 Å². The molecule has 15 heavy (non-hydrogen) atoms. The molecule has 0 fully saturated rings. The van der Waals surface area contributed by atoms with Crippen LogP contribution in [0.2, 0.25) is 0 Å². The summed E-state index contributed by atoms with van der Waals surface area (Å²) in [6.07, 6.45) is -4.34. The van der Waals surface area contributed by atoms with E-state index in [-0.39, 0.29) is 6.42 Å². The van der Waals surface area contributed by atoms with E-state index in [1.807, 2.05) is 0 Å². The summed E-state index contributed by atoms with van der Waals surface area (Å²) < 4.78 is 48.0. The van der Waals surface area contributed by atoms with Crippen molar-refractivity contribution < 1.29 is 32.3 Å². The quantitative estimate of drug-likeness (QED) is 0.690. The maximum Gasteiger partial charge on any atom is 0.383 e. The van der Waals surface area contributed by atoms with Gasteiger partial charge in [0.1, 0.15) is 6.04 Å². The molecule has 2 N–H and O–H groups in total. The van der Waals surface area contributed by atoms with Crippen molar-refractivity contribution in [3.8, 4) is 0 Å². The number of alkyl halides is 4. The summed E-state index contributed by atoms with van der Waals surface area (Å²) in [5.41, 5.74) is 0. The van der Waals surface area contributed by atoms with Gasteiger partial charge in [-0.15, -0.1) is 0 Å². The van der Waals surface area contributed by atoms with Gasteiger partial charge in [-0.05, 0) is 6.42 Å². The smallest absolute Gasteiger partial charge is 0.383 e. The average molecular weight is 231 g/mol. The molecule has 8 heteroatoms. The monoisotopic (exact) mass is 231 g/mol. The zero-order valence-corrected chi connectivity index (χ0v) is 7.64. The highest BCUT2D eigenvalue weighted by Crippen LogP contribution is 2.22. The summed E-state index contributed by atoms with van der Waals surface area (Å²) in [5.74, 6) is -8.72. The Bertz CT molecular complexity index is 257. The molecule has 0 saturated carbocycles. The van der Waals surface area contributed by atoms with Crippen molar-refractivity contribution in [2.75, 3.05) is 0 Å². The maximum atomic E-state index is 12.3. The summed E-state index contributed by atoms with van der Waals surface area (Å²) in [4.78, 5) is 20.9. The largest absolute Gasteiger partial charge is 0.480 e. The van der Waals surface area contributed by atoms with Crippen LogP contribution in [-0.2, 0) is 9.59 Å². The van der Waals surface area contributed by atoms with E-state index >= 15 is 0 Å². The Balaban J connectivity index is 4.54. The molecule has 0 aliphatic heterocycles. The molecule has 0 aromatic heterocycles. The van der Waals surface area contributed by atoms with Crippen molar-refractivity contribution in [1.29, 1.82) is 0 Å². The van der Waals surface area contributed by atoms with E-state index in [1.54, 1.807) is 0 Å².